The van der Waals surface area contributed by atoms with Crippen molar-refractivity contribution < 1.29 is 14.4 Å². The Morgan fingerprint density at radius 3 is 2.50 bits per heavy atom. The van der Waals surface area contributed by atoms with Gasteiger partial charge in [0.1, 0.15) is 0 Å². The zero-order chi connectivity index (χ0) is 9.35. The Labute approximate surface area is 70.2 Å². The molecule has 66 valence electrons. The van der Waals surface area contributed by atoms with Crippen LogP contribution in [-0.2, 0) is 5.41 Å². The molecular weight excluding hydrogens is 158 g/mol. The van der Waals surface area contributed by atoms with Crippen LogP contribution < -0.4 is 0 Å². The van der Waals surface area contributed by atoms with Crippen molar-refractivity contribution in [1.29, 1.82) is 0 Å². The summed E-state index contributed by atoms with van der Waals surface area (Å²) < 4.78 is 4.60. The predicted octanol–water partition coefficient (Wildman–Crippen LogP) is 1.67. The van der Waals surface area contributed by atoms with Gasteiger partial charge in [-0.1, -0.05) is 25.9 Å². The van der Waals surface area contributed by atoms with Crippen molar-refractivity contribution in [2.75, 3.05) is 0 Å². The van der Waals surface area contributed by atoms with Gasteiger partial charge in [0, 0.05) is 5.56 Å². The van der Waals surface area contributed by atoms with Crippen molar-refractivity contribution >= 4 is 5.97 Å². The Kier molecular flexibility index (Phi) is 1.92. The number of rotatable bonds is 1. The van der Waals surface area contributed by atoms with Gasteiger partial charge in [0.15, 0.2) is 0 Å². The van der Waals surface area contributed by atoms with Crippen LogP contribution in [0.25, 0.3) is 0 Å². The lowest BCUT2D eigenvalue weighted by Crippen LogP contribution is -2.14. The number of carboxylic acid groups (broad SMARTS) is 1. The molecule has 0 saturated heterocycles. The molecule has 0 aromatic carbocycles. The summed E-state index contributed by atoms with van der Waals surface area (Å²) >= 11 is 0. The molecule has 0 aliphatic carbocycles. The van der Waals surface area contributed by atoms with Crippen LogP contribution in [0.1, 0.15) is 36.9 Å². The van der Waals surface area contributed by atoms with Crippen molar-refractivity contribution in [2.24, 2.45) is 0 Å². The Hall–Kier alpha value is -1.32. The fraction of sp³-hybridized carbons (Fsp3) is 0.500. The highest BCUT2D eigenvalue weighted by Crippen LogP contribution is 2.25. The van der Waals surface area contributed by atoms with E-state index in [0.29, 0.717) is 5.56 Å². The van der Waals surface area contributed by atoms with E-state index in [0.717, 1.165) is 0 Å². The van der Waals surface area contributed by atoms with Crippen molar-refractivity contribution in [1.82, 2.24) is 5.16 Å². The van der Waals surface area contributed by atoms with Gasteiger partial charge in [0.2, 0.25) is 5.76 Å². The summed E-state index contributed by atoms with van der Waals surface area (Å²) in [6.45, 7) is 5.73. The van der Waals surface area contributed by atoms with E-state index < -0.39 is 5.97 Å². The minimum absolute atomic E-state index is 0.0671. The molecule has 0 fully saturated rings. The maximum absolute atomic E-state index is 10.6. The van der Waals surface area contributed by atoms with Gasteiger partial charge < -0.3 is 9.63 Å². The topological polar surface area (TPSA) is 63.3 Å². The fourth-order valence-electron chi connectivity index (χ4n) is 0.928. The Morgan fingerprint density at radius 2 is 2.17 bits per heavy atom. The smallest absolute Gasteiger partial charge is 0.375 e. The molecule has 0 spiro atoms. The quantitative estimate of drug-likeness (QED) is 0.694. The van der Waals surface area contributed by atoms with E-state index in [1.165, 1.54) is 6.20 Å². The van der Waals surface area contributed by atoms with Crippen LogP contribution in [-0.4, -0.2) is 16.2 Å². The summed E-state index contributed by atoms with van der Waals surface area (Å²) in [6, 6.07) is 0. The number of carboxylic acids is 1. The van der Waals surface area contributed by atoms with Crippen LogP contribution in [0.15, 0.2) is 10.7 Å². The maximum Gasteiger partial charge on any atom is 0.375 e. The summed E-state index contributed by atoms with van der Waals surface area (Å²) in [4.78, 5) is 10.6. The van der Waals surface area contributed by atoms with Crippen LogP contribution >= 0.6 is 0 Å². The molecule has 4 nitrogen and oxygen atoms in total. The highest BCUT2D eigenvalue weighted by molar-refractivity contribution is 5.86. The Morgan fingerprint density at radius 1 is 1.58 bits per heavy atom. The number of hydrogen-bond donors (Lipinski definition) is 1. The molecule has 0 atom stereocenters. The summed E-state index contributed by atoms with van der Waals surface area (Å²) in [5, 5.41) is 12.1. The third-order valence-corrected chi connectivity index (χ3v) is 1.57. The first-order valence-electron chi connectivity index (χ1n) is 3.61. The maximum atomic E-state index is 10.6. The first-order valence-corrected chi connectivity index (χ1v) is 3.61. The number of aromatic nitrogens is 1. The number of nitrogens with zero attached hydrogens (tertiary/aromatic N) is 1. The normalized spacial score (nSPS) is 11.6. The van der Waals surface area contributed by atoms with E-state index in [2.05, 4.69) is 9.68 Å². The van der Waals surface area contributed by atoms with E-state index in [1.807, 2.05) is 20.8 Å². The average Bonchev–Trinajstić information content (AvgIpc) is 2.30. The highest BCUT2D eigenvalue weighted by atomic mass is 16.5. The minimum Gasteiger partial charge on any atom is -0.475 e. The monoisotopic (exact) mass is 169 g/mol. The molecule has 0 aliphatic rings. The molecule has 1 aromatic heterocycles. The van der Waals surface area contributed by atoms with Crippen molar-refractivity contribution in [3.05, 3.63) is 17.5 Å². The molecule has 0 radical (unpaired) electrons. The van der Waals surface area contributed by atoms with Gasteiger partial charge in [-0.2, -0.15) is 0 Å². The SMILES string of the molecule is CC(C)(C)c1cnoc1C(=O)O. The third-order valence-electron chi connectivity index (χ3n) is 1.57. The van der Waals surface area contributed by atoms with Crippen molar-refractivity contribution in [3.8, 4) is 0 Å². The average molecular weight is 169 g/mol. The largest absolute Gasteiger partial charge is 0.475 e. The molecule has 0 amide bonds. The Bertz CT molecular complexity index is 295. The fourth-order valence-corrected chi connectivity index (χ4v) is 0.928. The van der Waals surface area contributed by atoms with Crippen molar-refractivity contribution in [3.63, 3.8) is 0 Å². The van der Waals surface area contributed by atoms with E-state index >= 15 is 0 Å². The predicted molar refractivity (Wildman–Crippen MR) is 42.2 cm³/mol. The molecule has 1 N–H and O–H groups in total. The lowest BCUT2D eigenvalue weighted by molar-refractivity contribution is 0.0648. The molecule has 12 heavy (non-hydrogen) atoms. The molecule has 4 heteroatoms. The standard InChI is InChI=1S/C8H11NO3/c1-8(2,3)5-4-9-12-6(5)7(10)11/h4H,1-3H3,(H,10,11). The van der Waals surface area contributed by atoms with Gasteiger partial charge in [0.05, 0.1) is 6.20 Å². The second-order valence-corrected chi connectivity index (χ2v) is 3.62. The van der Waals surface area contributed by atoms with Crippen LogP contribution in [0.4, 0.5) is 0 Å². The van der Waals surface area contributed by atoms with Gasteiger partial charge >= 0.3 is 5.97 Å². The van der Waals surface area contributed by atoms with Gasteiger partial charge in [-0.3, -0.25) is 0 Å². The number of hydrogen-bond acceptors (Lipinski definition) is 3. The minimum atomic E-state index is -1.07. The Balaban J connectivity index is 3.17. The summed E-state index contributed by atoms with van der Waals surface area (Å²) in [5.74, 6) is -1.14. The van der Waals surface area contributed by atoms with E-state index in [-0.39, 0.29) is 11.2 Å². The van der Waals surface area contributed by atoms with E-state index in [4.69, 9.17) is 5.11 Å². The second-order valence-electron chi connectivity index (χ2n) is 3.62. The first-order chi connectivity index (χ1) is 5.43. The number of carbonyl (C=O) groups is 1. The van der Waals surface area contributed by atoms with Gasteiger partial charge in [-0.15, -0.1) is 0 Å². The second kappa shape index (κ2) is 2.62. The summed E-state index contributed by atoms with van der Waals surface area (Å²) in [5.41, 5.74) is 0.378. The molecule has 1 rings (SSSR count). The molecule has 1 aromatic rings. The zero-order valence-electron chi connectivity index (χ0n) is 7.29. The number of aromatic carboxylic acids is 1. The van der Waals surface area contributed by atoms with E-state index in [9.17, 15) is 4.79 Å². The first kappa shape index (κ1) is 8.77. The molecular formula is C8H11NO3. The lowest BCUT2D eigenvalue weighted by Gasteiger charge is -2.15. The summed E-state index contributed by atoms with van der Waals surface area (Å²) in [6.07, 6.45) is 1.45. The third kappa shape index (κ3) is 1.47. The summed E-state index contributed by atoms with van der Waals surface area (Å²) in [7, 11) is 0. The van der Waals surface area contributed by atoms with Crippen LogP contribution in [0.3, 0.4) is 0 Å². The molecule has 0 aliphatic heterocycles. The van der Waals surface area contributed by atoms with Crippen LogP contribution in [0.2, 0.25) is 0 Å². The molecule has 0 bridgehead atoms. The van der Waals surface area contributed by atoms with Crippen LogP contribution in [0.5, 0.6) is 0 Å². The highest BCUT2D eigenvalue weighted by Gasteiger charge is 2.25. The van der Waals surface area contributed by atoms with Gasteiger partial charge in [-0.05, 0) is 5.41 Å². The van der Waals surface area contributed by atoms with Crippen molar-refractivity contribution in [2.45, 2.75) is 26.2 Å². The van der Waals surface area contributed by atoms with Crippen LogP contribution in [0, 0.1) is 0 Å². The van der Waals surface area contributed by atoms with E-state index in [1.54, 1.807) is 0 Å². The molecule has 0 saturated carbocycles. The van der Waals surface area contributed by atoms with Gasteiger partial charge in [0.25, 0.3) is 0 Å². The molecule has 0 unspecified atom stereocenters. The van der Waals surface area contributed by atoms with Gasteiger partial charge in [-0.25, -0.2) is 4.79 Å². The lowest BCUT2D eigenvalue weighted by atomic mass is 9.88. The zero-order valence-corrected chi connectivity index (χ0v) is 7.29. The molecule has 1 heterocycles.